The van der Waals surface area contributed by atoms with Crippen molar-refractivity contribution in [2.24, 2.45) is 0 Å². The predicted octanol–water partition coefficient (Wildman–Crippen LogP) is 16.6. The Bertz CT molecular complexity index is 1510. The van der Waals surface area contributed by atoms with Crippen LogP contribution in [0, 0.1) is 0 Å². The van der Waals surface area contributed by atoms with Crippen molar-refractivity contribution in [3.8, 4) is 22.3 Å². The van der Waals surface area contributed by atoms with Gasteiger partial charge in [0, 0.05) is 4.47 Å². The number of rotatable bonds is 29. The van der Waals surface area contributed by atoms with Gasteiger partial charge in [-0.2, -0.15) is 0 Å². The Balaban J connectivity index is 1.36. The minimum atomic E-state index is -0.428. The molecule has 0 saturated carbocycles. The van der Waals surface area contributed by atoms with Gasteiger partial charge in [0.25, 0.3) is 0 Å². The summed E-state index contributed by atoms with van der Waals surface area (Å²) in [7, 11) is -0.428. The molecule has 1 saturated heterocycles. The Hall–Kier alpha value is -1.88. The van der Waals surface area contributed by atoms with Gasteiger partial charge in [0.05, 0.1) is 11.2 Å². The van der Waals surface area contributed by atoms with E-state index in [-0.39, 0.29) is 0 Å². The fraction of sp³-hybridized carbons (Fsp3) is 0.654. The Labute approximate surface area is 354 Å². The summed E-state index contributed by atoms with van der Waals surface area (Å²) < 4.78 is 14.6. The predicted molar refractivity (Wildman–Crippen MR) is 250 cm³/mol. The van der Waals surface area contributed by atoms with Gasteiger partial charge in [0.1, 0.15) is 0 Å². The molecule has 0 atom stereocenters. The van der Waals surface area contributed by atoms with Gasteiger partial charge >= 0.3 is 7.12 Å². The van der Waals surface area contributed by atoms with Crippen LogP contribution < -0.4 is 5.46 Å². The van der Waals surface area contributed by atoms with Crippen molar-refractivity contribution < 1.29 is 9.31 Å². The van der Waals surface area contributed by atoms with E-state index >= 15 is 0 Å². The molecule has 1 aliphatic rings. The zero-order valence-electron chi connectivity index (χ0n) is 36.9. The van der Waals surface area contributed by atoms with E-state index < -0.39 is 18.3 Å². The molecule has 0 unspecified atom stereocenters. The van der Waals surface area contributed by atoms with Crippen LogP contribution in [0.1, 0.15) is 207 Å². The lowest BCUT2D eigenvalue weighted by Crippen LogP contribution is -2.41. The van der Waals surface area contributed by atoms with Crippen molar-refractivity contribution in [1.82, 2.24) is 0 Å². The summed E-state index contributed by atoms with van der Waals surface area (Å²) in [6.07, 6.45) is 35.4. The van der Waals surface area contributed by atoms with E-state index in [4.69, 9.17) is 9.31 Å². The van der Waals surface area contributed by atoms with E-state index in [0.29, 0.717) is 0 Å². The summed E-state index contributed by atoms with van der Waals surface area (Å²) in [5.74, 6) is 0. The van der Waals surface area contributed by atoms with Gasteiger partial charge in [-0.15, -0.1) is 0 Å². The van der Waals surface area contributed by atoms with Crippen LogP contribution in [0.5, 0.6) is 0 Å². The fourth-order valence-electron chi connectivity index (χ4n) is 8.37. The lowest BCUT2D eigenvalue weighted by Gasteiger charge is -2.32. The Morgan fingerprint density at radius 1 is 0.446 bits per heavy atom. The highest BCUT2D eigenvalue weighted by atomic mass is 79.9. The molecule has 0 aromatic heterocycles. The largest absolute Gasteiger partial charge is 0.495 e. The fourth-order valence-corrected chi connectivity index (χ4v) is 8.91. The van der Waals surface area contributed by atoms with Gasteiger partial charge < -0.3 is 9.31 Å². The average molecular weight is 828 g/mol. The van der Waals surface area contributed by atoms with Crippen LogP contribution in [0.25, 0.3) is 22.3 Å². The first-order valence-electron chi connectivity index (χ1n) is 23.5. The Morgan fingerprint density at radius 3 is 1.39 bits per heavy atom. The molecule has 0 amide bonds. The van der Waals surface area contributed by atoms with Gasteiger partial charge in [-0.05, 0) is 104 Å². The second-order valence-corrected chi connectivity index (χ2v) is 19.1. The van der Waals surface area contributed by atoms with Crippen LogP contribution >= 0.6 is 15.9 Å². The molecule has 0 spiro atoms. The first kappa shape index (κ1) is 46.8. The quantitative estimate of drug-likeness (QED) is 0.0513. The highest BCUT2D eigenvalue weighted by molar-refractivity contribution is 9.10. The molecule has 1 fully saturated rings. The second-order valence-electron chi connectivity index (χ2n) is 18.2. The number of aryl methyl sites for hydroxylation is 2. The molecule has 0 radical (unpaired) electrons. The molecule has 3 aromatic rings. The lowest BCUT2D eigenvalue weighted by molar-refractivity contribution is 0.00578. The summed E-state index contributed by atoms with van der Waals surface area (Å²) in [4.78, 5) is 0. The van der Waals surface area contributed by atoms with Crippen molar-refractivity contribution in [3.05, 3.63) is 76.3 Å². The molecule has 4 heteroatoms. The summed E-state index contributed by atoms with van der Waals surface area (Å²) in [6, 6.07) is 23.2. The van der Waals surface area contributed by atoms with E-state index in [1.165, 1.54) is 187 Å². The maximum Gasteiger partial charge on any atom is 0.495 e. The smallest absolute Gasteiger partial charge is 0.399 e. The summed E-state index contributed by atoms with van der Waals surface area (Å²) >= 11 is 3.87. The van der Waals surface area contributed by atoms with E-state index in [1.807, 2.05) is 0 Å². The minimum absolute atomic E-state index is 0.404. The summed E-state index contributed by atoms with van der Waals surface area (Å²) in [6.45, 7) is 13.2. The van der Waals surface area contributed by atoms with Crippen LogP contribution in [0.4, 0.5) is 0 Å². The van der Waals surface area contributed by atoms with E-state index in [2.05, 4.69) is 118 Å². The third kappa shape index (κ3) is 16.1. The SMILES string of the molecule is CCCCCCCCCCCCCCc1cc(Br)cc(-c2ccc(-c3cccc(CCCCCCCCCCCCCC)c3)c(B3OC(C)(C)C(C)(C)O3)c2)c1. The van der Waals surface area contributed by atoms with E-state index in [1.54, 1.807) is 0 Å². The number of hydrogen-bond donors (Lipinski definition) is 0. The normalized spacial score (nSPS) is 14.9. The third-order valence-corrected chi connectivity index (χ3v) is 13.2. The van der Waals surface area contributed by atoms with Crippen molar-refractivity contribution in [2.45, 2.75) is 220 Å². The molecule has 4 rings (SSSR count). The molecule has 3 aromatic carbocycles. The van der Waals surface area contributed by atoms with Crippen LogP contribution in [0.3, 0.4) is 0 Å². The van der Waals surface area contributed by atoms with Crippen molar-refractivity contribution in [1.29, 1.82) is 0 Å². The van der Waals surface area contributed by atoms with Crippen LogP contribution in [0.2, 0.25) is 0 Å². The Kier molecular flexibility index (Phi) is 21.4. The van der Waals surface area contributed by atoms with Crippen molar-refractivity contribution in [3.63, 3.8) is 0 Å². The van der Waals surface area contributed by atoms with Crippen LogP contribution in [0.15, 0.2) is 65.1 Å². The molecule has 2 nitrogen and oxygen atoms in total. The maximum absolute atomic E-state index is 6.72. The first-order chi connectivity index (χ1) is 27.1. The second kappa shape index (κ2) is 25.6. The number of unbranched alkanes of at least 4 members (excludes halogenated alkanes) is 22. The molecular weight excluding hydrogens is 747 g/mol. The summed E-state index contributed by atoms with van der Waals surface area (Å²) in [5, 5.41) is 0. The minimum Gasteiger partial charge on any atom is -0.399 e. The summed E-state index contributed by atoms with van der Waals surface area (Å²) in [5.41, 5.74) is 8.06. The van der Waals surface area contributed by atoms with E-state index in [0.717, 1.165) is 22.8 Å². The van der Waals surface area contributed by atoms with E-state index in [9.17, 15) is 0 Å². The standard InChI is InChI=1S/C52H80BBrO2/c1-7-9-11-13-15-17-19-21-23-25-27-29-32-43-34-31-35-46(38-43)49-37-36-45(42-50(49)53-55-51(3,4)52(5,6)56-53)47-39-44(40-48(54)41-47)33-30-28-26-24-22-20-18-16-14-12-10-8-2/h31,34-42H,7-30,32-33H2,1-6H3. The zero-order valence-corrected chi connectivity index (χ0v) is 38.5. The zero-order chi connectivity index (χ0) is 40.1. The topological polar surface area (TPSA) is 18.5 Å². The molecule has 1 heterocycles. The monoisotopic (exact) mass is 827 g/mol. The van der Waals surface area contributed by atoms with Crippen LogP contribution in [-0.4, -0.2) is 18.3 Å². The molecule has 1 aliphatic heterocycles. The number of benzene rings is 3. The number of hydrogen-bond acceptors (Lipinski definition) is 2. The third-order valence-electron chi connectivity index (χ3n) is 12.7. The molecule has 310 valence electrons. The molecule has 0 bridgehead atoms. The number of halogens is 1. The van der Waals surface area contributed by atoms with Gasteiger partial charge in [-0.1, -0.05) is 220 Å². The molecule has 0 N–H and O–H groups in total. The van der Waals surface area contributed by atoms with Gasteiger partial charge in [0.2, 0.25) is 0 Å². The maximum atomic E-state index is 6.72. The molecule has 56 heavy (non-hydrogen) atoms. The first-order valence-corrected chi connectivity index (χ1v) is 24.3. The van der Waals surface area contributed by atoms with Crippen molar-refractivity contribution >= 4 is 28.5 Å². The van der Waals surface area contributed by atoms with Crippen LogP contribution in [-0.2, 0) is 22.2 Å². The Morgan fingerprint density at radius 2 is 0.893 bits per heavy atom. The van der Waals surface area contributed by atoms with Gasteiger partial charge in [-0.25, -0.2) is 0 Å². The van der Waals surface area contributed by atoms with Gasteiger partial charge in [0.15, 0.2) is 0 Å². The highest BCUT2D eigenvalue weighted by Crippen LogP contribution is 2.38. The lowest BCUT2D eigenvalue weighted by atomic mass is 9.73. The molecule has 0 aliphatic carbocycles. The highest BCUT2D eigenvalue weighted by Gasteiger charge is 2.52. The van der Waals surface area contributed by atoms with Gasteiger partial charge in [-0.3, -0.25) is 0 Å². The average Bonchev–Trinajstić information content (AvgIpc) is 3.40. The molecular formula is C52H80BBrO2. The van der Waals surface area contributed by atoms with Crippen molar-refractivity contribution in [2.75, 3.05) is 0 Å².